The van der Waals surface area contributed by atoms with Gasteiger partial charge in [0.1, 0.15) is 0 Å². The number of benzene rings is 1. The molecule has 1 atom stereocenters. The van der Waals surface area contributed by atoms with Crippen molar-refractivity contribution in [1.82, 2.24) is 10.4 Å². The molecule has 1 aromatic heterocycles. The van der Waals surface area contributed by atoms with E-state index in [0.717, 1.165) is 23.7 Å². The lowest BCUT2D eigenvalue weighted by atomic mass is 9.87. The predicted octanol–water partition coefficient (Wildman–Crippen LogP) is 3.57. The summed E-state index contributed by atoms with van der Waals surface area (Å²) in [4.78, 5) is 4.50. The van der Waals surface area contributed by atoms with Crippen LogP contribution in [0.15, 0.2) is 36.5 Å². The molecule has 0 spiro atoms. The molecule has 19 heavy (non-hydrogen) atoms. The number of hydrogen-bond acceptors (Lipinski definition) is 3. The molecule has 0 amide bonds. The van der Waals surface area contributed by atoms with Crippen LogP contribution in [0.25, 0.3) is 10.9 Å². The molecule has 0 saturated carbocycles. The van der Waals surface area contributed by atoms with E-state index >= 15 is 0 Å². The molecule has 1 heterocycles. The van der Waals surface area contributed by atoms with Crippen molar-refractivity contribution in [3.05, 3.63) is 42.1 Å². The fourth-order valence-electron chi connectivity index (χ4n) is 2.31. The molecular weight excluding hydrogens is 234 g/mol. The van der Waals surface area contributed by atoms with Gasteiger partial charge < -0.3 is 0 Å². The molecule has 1 unspecified atom stereocenters. The number of nitrogens with zero attached hydrogens (tertiary/aromatic N) is 1. The van der Waals surface area contributed by atoms with Crippen LogP contribution in [-0.2, 0) is 0 Å². The summed E-state index contributed by atoms with van der Waals surface area (Å²) >= 11 is 0. The molecule has 0 radical (unpaired) electrons. The lowest BCUT2D eigenvalue weighted by Gasteiger charge is -2.23. The monoisotopic (exact) mass is 257 g/mol. The van der Waals surface area contributed by atoms with Crippen LogP contribution < -0.4 is 11.3 Å². The predicted molar refractivity (Wildman–Crippen MR) is 80.5 cm³/mol. The van der Waals surface area contributed by atoms with Crippen LogP contribution in [0.1, 0.15) is 45.2 Å². The number of rotatable bonds is 4. The minimum absolute atomic E-state index is 0.151. The van der Waals surface area contributed by atoms with E-state index in [2.05, 4.69) is 55.4 Å². The number of aromatic nitrogens is 1. The summed E-state index contributed by atoms with van der Waals surface area (Å²) in [5.74, 6) is 5.75. The molecule has 0 aliphatic carbocycles. The van der Waals surface area contributed by atoms with Gasteiger partial charge >= 0.3 is 0 Å². The number of fused-ring (bicyclic) bond motifs is 1. The zero-order chi connectivity index (χ0) is 13.9. The lowest BCUT2D eigenvalue weighted by Crippen LogP contribution is -2.29. The summed E-state index contributed by atoms with van der Waals surface area (Å²) < 4.78 is 0. The summed E-state index contributed by atoms with van der Waals surface area (Å²) in [7, 11) is 0. The maximum Gasteiger partial charge on any atom is 0.0750 e. The van der Waals surface area contributed by atoms with Gasteiger partial charge in [-0.25, -0.2) is 0 Å². The Morgan fingerprint density at radius 1 is 1.21 bits per heavy atom. The van der Waals surface area contributed by atoms with Crippen LogP contribution in [-0.4, -0.2) is 4.98 Å². The van der Waals surface area contributed by atoms with Gasteiger partial charge in [-0.3, -0.25) is 16.3 Å². The van der Waals surface area contributed by atoms with Crippen LogP contribution in [0, 0.1) is 5.41 Å². The highest BCUT2D eigenvalue weighted by atomic mass is 15.2. The smallest absolute Gasteiger partial charge is 0.0750 e. The third-order valence-corrected chi connectivity index (χ3v) is 3.42. The number of nitrogens with two attached hydrogens (primary N) is 1. The van der Waals surface area contributed by atoms with Crippen molar-refractivity contribution in [2.45, 2.75) is 39.7 Å². The first-order valence-electron chi connectivity index (χ1n) is 6.81. The molecular formula is C16H23N3. The first kappa shape index (κ1) is 14.0. The third kappa shape index (κ3) is 3.52. The van der Waals surface area contributed by atoms with Gasteiger partial charge in [0, 0.05) is 17.6 Å². The first-order valence-corrected chi connectivity index (χ1v) is 6.81. The number of para-hydroxylation sites is 1. The highest BCUT2D eigenvalue weighted by Crippen LogP contribution is 2.29. The van der Waals surface area contributed by atoms with Gasteiger partial charge in [-0.1, -0.05) is 45.0 Å². The SMILES string of the molecule is CC(C)(C)CCC(NN)c1cccc2cccnc12. The quantitative estimate of drug-likeness (QED) is 0.650. The van der Waals surface area contributed by atoms with Crippen molar-refractivity contribution in [1.29, 1.82) is 0 Å². The van der Waals surface area contributed by atoms with Crippen LogP contribution in [0.2, 0.25) is 0 Å². The second-order valence-corrected chi connectivity index (χ2v) is 6.24. The van der Waals surface area contributed by atoms with Crippen molar-refractivity contribution in [2.75, 3.05) is 0 Å². The Labute approximate surface area is 115 Å². The topological polar surface area (TPSA) is 50.9 Å². The molecule has 0 saturated heterocycles. The van der Waals surface area contributed by atoms with E-state index in [1.165, 1.54) is 5.56 Å². The molecule has 3 N–H and O–H groups in total. The number of pyridine rings is 1. The molecule has 102 valence electrons. The largest absolute Gasteiger partial charge is 0.271 e. The summed E-state index contributed by atoms with van der Waals surface area (Å²) in [6.07, 6.45) is 3.96. The molecule has 3 heteroatoms. The summed E-state index contributed by atoms with van der Waals surface area (Å²) in [5, 5.41) is 1.16. The normalized spacial score (nSPS) is 13.7. The maximum atomic E-state index is 5.75. The van der Waals surface area contributed by atoms with E-state index in [1.54, 1.807) is 0 Å². The number of nitrogens with one attached hydrogen (secondary N) is 1. The summed E-state index contributed by atoms with van der Waals surface area (Å²) in [6.45, 7) is 6.76. The molecule has 1 aromatic carbocycles. The second-order valence-electron chi connectivity index (χ2n) is 6.24. The number of hydrazine groups is 1. The van der Waals surface area contributed by atoms with E-state index in [1.807, 2.05) is 12.3 Å². The summed E-state index contributed by atoms with van der Waals surface area (Å²) in [5.41, 5.74) is 5.48. The molecule has 0 aliphatic heterocycles. The van der Waals surface area contributed by atoms with Crippen molar-refractivity contribution in [3.8, 4) is 0 Å². The van der Waals surface area contributed by atoms with Gasteiger partial charge in [0.25, 0.3) is 0 Å². The Morgan fingerprint density at radius 2 is 1.95 bits per heavy atom. The van der Waals surface area contributed by atoms with Crippen molar-refractivity contribution >= 4 is 10.9 Å². The van der Waals surface area contributed by atoms with E-state index in [-0.39, 0.29) is 6.04 Å². The van der Waals surface area contributed by atoms with Crippen molar-refractivity contribution < 1.29 is 0 Å². The van der Waals surface area contributed by atoms with Gasteiger partial charge in [-0.2, -0.15) is 0 Å². The van der Waals surface area contributed by atoms with Gasteiger partial charge in [-0.15, -0.1) is 0 Å². The molecule has 2 aromatic rings. The van der Waals surface area contributed by atoms with Crippen LogP contribution in [0.4, 0.5) is 0 Å². The Hall–Kier alpha value is -1.45. The zero-order valence-corrected chi connectivity index (χ0v) is 12.0. The van der Waals surface area contributed by atoms with Gasteiger partial charge in [-0.05, 0) is 29.9 Å². The Balaban J connectivity index is 2.30. The highest BCUT2D eigenvalue weighted by molar-refractivity contribution is 5.81. The Bertz CT molecular complexity index is 538. The molecule has 0 bridgehead atoms. The molecule has 0 aliphatic rings. The molecule has 3 nitrogen and oxygen atoms in total. The minimum atomic E-state index is 0.151. The van der Waals surface area contributed by atoms with E-state index in [0.29, 0.717) is 5.41 Å². The summed E-state index contributed by atoms with van der Waals surface area (Å²) in [6, 6.07) is 10.5. The van der Waals surface area contributed by atoms with Crippen molar-refractivity contribution in [2.24, 2.45) is 11.3 Å². The van der Waals surface area contributed by atoms with Crippen LogP contribution in [0.3, 0.4) is 0 Å². The standard InChI is InChI=1S/C16H23N3/c1-16(2,3)10-9-14(19-17)13-8-4-6-12-7-5-11-18-15(12)13/h4-8,11,14,19H,9-10,17H2,1-3H3. The van der Waals surface area contributed by atoms with Crippen molar-refractivity contribution in [3.63, 3.8) is 0 Å². The molecule has 2 rings (SSSR count). The van der Waals surface area contributed by atoms with Gasteiger partial charge in [0.15, 0.2) is 0 Å². The highest BCUT2D eigenvalue weighted by Gasteiger charge is 2.17. The lowest BCUT2D eigenvalue weighted by molar-refractivity contribution is 0.334. The second kappa shape index (κ2) is 5.68. The third-order valence-electron chi connectivity index (χ3n) is 3.42. The Kier molecular flexibility index (Phi) is 4.17. The average Bonchev–Trinajstić information content (AvgIpc) is 2.38. The Morgan fingerprint density at radius 3 is 2.63 bits per heavy atom. The van der Waals surface area contributed by atoms with Gasteiger partial charge in [0.05, 0.1) is 5.52 Å². The zero-order valence-electron chi connectivity index (χ0n) is 12.0. The van der Waals surface area contributed by atoms with E-state index < -0.39 is 0 Å². The van der Waals surface area contributed by atoms with Gasteiger partial charge in [0.2, 0.25) is 0 Å². The maximum absolute atomic E-state index is 5.75. The first-order chi connectivity index (χ1) is 9.01. The van der Waals surface area contributed by atoms with Crippen LogP contribution >= 0.6 is 0 Å². The average molecular weight is 257 g/mol. The van der Waals surface area contributed by atoms with Crippen LogP contribution in [0.5, 0.6) is 0 Å². The van der Waals surface area contributed by atoms with E-state index in [4.69, 9.17) is 5.84 Å². The minimum Gasteiger partial charge on any atom is -0.271 e. The number of hydrogen-bond donors (Lipinski definition) is 2. The van der Waals surface area contributed by atoms with E-state index in [9.17, 15) is 0 Å². The molecule has 0 fully saturated rings. The fraction of sp³-hybridized carbons (Fsp3) is 0.438. The fourth-order valence-corrected chi connectivity index (χ4v) is 2.31.